The molecule has 0 atom stereocenters. The first kappa shape index (κ1) is 12.5. The van der Waals surface area contributed by atoms with Crippen LogP contribution in [0.1, 0.15) is 0 Å². The van der Waals surface area contributed by atoms with Crippen LogP contribution < -0.4 is 19.9 Å². The number of hydrogen-bond acceptors (Lipinski definition) is 4. The van der Waals surface area contributed by atoms with Crippen molar-refractivity contribution in [1.82, 2.24) is 4.98 Å². The van der Waals surface area contributed by atoms with E-state index in [1.165, 1.54) is 0 Å². The fourth-order valence-electron chi connectivity index (χ4n) is 2.53. The molecule has 5 heteroatoms. The molecule has 104 valence electrons. The van der Waals surface area contributed by atoms with Gasteiger partial charge in [0.25, 0.3) is 0 Å². The van der Waals surface area contributed by atoms with Gasteiger partial charge in [0.2, 0.25) is 0 Å². The normalized spacial score (nSPS) is 10.9. The van der Waals surface area contributed by atoms with Crippen LogP contribution in [0.4, 0.5) is 5.69 Å². The third-order valence-electron chi connectivity index (χ3n) is 3.45. The first-order valence-corrected chi connectivity index (χ1v) is 6.19. The van der Waals surface area contributed by atoms with Gasteiger partial charge in [-0.1, -0.05) is 0 Å². The van der Waals surface area contributed by atoms with Gasteiger partial charge < -0.3 is 24.9 Å². The third kappa shape index (κ3) is 1.63. The number of nitrogen functional groups attached to an aromatic ring is 1. The maximum absolute atomic E-state index is 5.94. The van der Waals surface area contributed by atoms with E-state index in [1.807, 2.05) is 24.3 Å². The number of fused-ring (bicyclic) bond motifs is 3. The van der Waals surface area contributed by atoms with Gasteiger partial charge in [-0.15, -0.1) is 0 Å². The van der Waals surface area contributed by atoms with E-state index in [0.717, 1.165) is 33.3 Å². The predicted octanol–water partition coefficient (Wildman–Crippen LogP) is 2.93. The quantitative estimate of drug-likeness (QED) is 0.719. The maximum Gasteiger partial charge on any atom is 0.165 e. The average Bonchev–Trinajstić information content (AvgIpc) is 2.84. The molecule has 1 aromatic heterocycles. The Morgan fingerprint density at radius 1 is 1.00 bits per heavy atom. The van der Waals surface area contributed by atoms with Crippen molar-refractivity contribution in [2.75, 3.05) is 27.1 Å². The molecule has 0 bridgehead atoms. The molecule has 0 aliphatic carbocycles. The molecule has 0 saturated carbocycles. The molecule has 0 spiro atoms. The number of hydrogen-bond donors (Lipinski definition) is 2. The highest BCUT2D eigenvalue weighted by Gasteiger charge is 2.15. The number of aromatic amines is 1. The number of H-pyrrole nitrogens is 1. The van der Waals surface area contributed by atoms with Crippen LogP contribution in [0.5, 0.6) is 17.2 Å². The van der Waals surface area contributed by atoms with Crippen molar-refractivity contribution in [3.05, 3.63) is 24.3 Å². The van der Waals surface area contributed by atoms with E-state index in [1.54, 1.807) is 21.3 Å². The molecule has 0 fully saturated rings. The van der Waals surface area contributed by atoms with Crippen LogP contribution in [0.2, 0.25) is 0 Å². The topological polar surface area (TPSA) is 69.5 Å². The SMILES string of the molecule is COc1cc(OC)c2c(c1)[nH]c1c(OC)c(N)ccc12. The molecule has 0 aliphatic heterocycles. The largest absolute Gasteiger partial charge is 0.497 e. The maximum atomic E-state index is 5.94. The Balaban J connectivity index is 2.47. The summed E-state index contributed by atoms with van der Waals surface area (Å²) in [5.41, 5.74) is 8.31. The number of anilines is 1. The second-order valence-electron chi connectivity index (χ2n) is 4.49. The van der Waals surface area contributed by atoms with E-state index >= 15 is 0 Å². The van der Waals surface area contributed by atoms with Crippen molar-refractivity contribution < 1.29 is 14.2 Å². The standard InChI is InChI=1S/C15H16N2O3/c1-18-8-6-11-13(12(7-8)19-2)9-4-5-10(16)15(20-3)14(9)17-11/h4-7,17H,16H2,1-3H3. The van der Waals surface area contributed by atoms with Gasteiger partial charge in [0.05, 0.1) is 38.1 Å². The number of ether oxygens (including phenoxy) is 3. The molecule has 1 heterocycles. The minimum Gasteiger partial charge on any atom is -0.497 e. The second-order valence-corrected chi connectivity index (χ2v) is 4.49. The minimum atomic E-state index is 0.595. The zero-order valence-electron chi connectivity index (χ0n) is 11.6. The average molecular weight is 272 g/mol. The van der Waals surface area contributed by atoms with E-state index in [2.05, 4.69) is 4.98 Å². The molecular weight excluding hydrogens is 256 g/mol. The van der Waals surface area contributed by atoms with Crippen molar-refractivity contribution in [2.45, 2.75) is 0 Å². The molecule has 5 nitrogen and oxygen atoms in total. The van der Waals surface area contributed by atoms with Gasteiger partial charge in [0, 0.05) is 22.9 Å². The van der Waals surface area contributed by atoms with Gasteiger partial charge in [-0.3, -0.25) is 0 Å². The molecule has 0 unspecified atom stereocenters. The fourth-order valence-corrected chi connectivity index (χ4v) is 2.53. The van der Waals surface area contributed by atoms with E-state index in [4.69, 9.17) is 19.9 Å². The van der Waals surface area contributed by atoms with Crippen LogP contribution in [0, 0.1) is 0 Å². The lowest BCUT2D eigenvalue weighted by molar-refractivity contribution is 0.398. The molecule has 0 saturated heterocycles. The monoisotopic (exact) mass is 272 g/mol. The van der Waals surface area contributed by atoms with Crippen molar-refractivity contribution >= 4 is 27.5 Å². The van der Waals surface area contributed by atoms with Crippen LogP contribution >= 0.6 is 0 Å². The van der Waals surface area contributed by atoms with Gasteiger partial charge in [0.1, 0.15) is 11.5 Å². The molecule has 0 radical (unpaired) electrons. The summed E-state index contributed by atoms with van der Waals surface area (Å²) in [6.45, 7) is 0. The number of rotatable bonds is 3. The van der Waals surface area contributed by atoms with Gasteiger partial charge in [-0.2, -0.15) is 0 Å². The van der Waals surface area contributed by atoms with E-state index in [9.17, 15) is 0 Å². The van der Waals surface area contributed by atoms with Crippen molar-refractivity contribution in [2.24, 2.45) is 0 Å². The third-order valence-corrected chi connectivity index (χ3v) is 3.45. The molecule has 2 aromatic carbocycles. The zero-order valence-corrected chi connectivity index (χ0v) is 11.6. The molecule has 20 heavy (non-hydrogen) atoms. The second kappa shape index (κ2) is 4.52. The van der Waals surface area contributed by atoms with E-state index in [0.29, 0.717) is 11.4 Å². The van der Waals surface area contributed by atoms with Gasteiger partial charge in [-0.25, -0.2) is 0 Å². The van der Waals surface area contributed by atoms with Crippen molar-refractivity contribution in [3.8, 4) is 17.2 Å². The highest BCUT2D eigenvalue weighted by Crippen LogP contribution is 2.41. The highest BCUT2D eigenvalue weighted by atomic mass is 16.5. The first-order valence-electron chi connectivity index (χ1n) is 6.19. The lowest BCUT2D eigenvalue weighted by Crippen LogP contribution is -1.92. The van der Waals surface area contributed by atoms with Crippen LogP contribution in [0.3, 0.4) is 0 Å². The van der Waals surface area contributed by atoms with Gasteiger partial charge in [-0.05, 0) is 12.1 Å². The predicted molar refractivity (Wildman–Crippen MR) is 79.9 cm³/mol. The lowest BCUT2D eigenvalue weighted by Gasteiger charge is -2.06. The van der Waals surface area contributed by atoms with Crippen molar-refractivity contribution in [3.63, 3.8) is 0 Å². The summed E-state index contributed by atoms with van der Waals surface area (Å²) in [5.74, 6) is 2.12. The summed E-state index contributed by atoms with van der Waals surface area (Å²) in [5, 5.41) is 1.99. The first-order chi connectivity index (χ1) is 9.69. The summed E-state index contributed by atoms with van der Waals surface area (Å²) in [7, 11) is 4.87. The summed E-state index contributed by atoms with van der Waals surface area (Å²) in [4.78, 5) is 3.32. The lowest BCUT2D eigenvalue weighted by atomic mass is 10.1. The van der Waals surface area contributed by atoms with Gasteiger partial charge in [0.15, 0.2) is 5.75 Å². The Bertz CT molecular complexity index is 793. The van der Waals surface area contributed by atoms with Crippen LogP contribution in [-0.4, -0.2) is 26.3 Å². The zero-order chi connectivity index (χ0) is 14.3. The van der Waals surface area contributed by atoms with Crippen LogP contribution in [-0.2, 0) is 0 Å². The van der Waals surface area contributed by atoms with Gasteiger partial charge >= 0.3 is 0 Å². The summed E-state index contributed by atoms with van der Waals surface area (Å²) < 4.78 is 16.1. The van der Waals surface area contributed by atoms with Crippen molar-refractivity contribution in [1.29, 1.82) is 0 Å². The number of aromatic nitrogens is 1. The smallest absolute Gasteiger partial charge is 0.165 e. The van der Waals surface area contributed by atoms with Crippen LogP contribution in [0.15, 0.2) is 24.3 Å². The number of nitrogens with one attached hydrogen (secondary N) is 1. The number of methoxy groups -OCH3 is 3. The molecule has 3 rings (SSSR count). The number of nitrogens with two attached hydrogens (primary N) is 1. The highest BCUT2D eigenvalue weighted by molar-refractivity contribution is 6.13. The minimum absolute atomic E-state index is 0.595. The molecular formula is C15H16N2O3. The van der Waals surface area contributed by atoms with E-state index < -0.39 is 0 Å². The Kier molecular flexibility index (Phi) is 2.82. The molecule has 3 N–H and O–H groups in total. The number of benzene rings is 2. The molecule has 3 aromatic rings. The molecule has 0 aliphatic rings. The summed E-state index contributed by atoms with van der Waals surface area (Å²) >= 11 is 0. The van der Waals surface area contributed by atoms with E-state index in [-0.39, 0.29) is 0 Å². The van der Waals surface area contributed by atoms with Crippen LogP contribution in [0.25, 0.3) is 21.8 Å². The Morgan fingerprint density at radius 2 is 1.80 bits per heavy atom. The fraction of sp³-hybridized carbons (Fsp3) is 0.200. The summed E-state index contributed by atoms with van der Waals surface area (Å²) in [6.07, 6.45) is 0. The Morgan fingerprint density at radius 3 is 2.45 bits per heavy atom. The Labute approximate surface area is 116 Å². The molecule has 0 amide bonds. The summed E-state index contributed by atoms with van der Waals surface area (Å²) in [6, 6.07) is 7.57. The Hall–Kier alpha value is -2.56.